The highest BCUT2D eigenvalue weighted by atomic mass is 19.1. The Morgan fingerprint density at radius 1 is 1.37 bits per heavy atom. The number of rotatable bonds is 3. The number of halogens is 1. The summed E-state index contributed by atoms with van der Waals surface area (Å²) >= 11 is 0. The normalized spacial score (nSPS) is 19.4. The van der Waals surface area contributed by atoms with Gasteiger partial charge in [-0.05, 0) is 36.4 Å². The molecule has 19 heavy (non-hydrogen) atoms. The van der Waals surface area contributed by atoms with Crippen LogP contribution in [0.2, 0.25) is 0 Å². The van der Waals surface area contributed by atoms with Crippen molar-refractivity contribution in [3.05, 3.63) is 29.6 Å². The third kappa shape index (κ3) is 3.78. The van der Waals surface area contributed by atoms with E-state index >= 15 is 0 Å². The van der Waals surface area contributed by atoms with Crippen molar-refractivity contribution in [3.63, 3.8) is 0 Å². The first-order chi connectivity index (χ1) is 8.87. The molecule has 0 bridgehead atoms. The third-order valence-corrected chi connectivity index (χ3v) is 3.72. The number of hydrogen-bond donors (Lipinski definition) is 2. The van der Waals surface area contributed by atoms with Gasteiger partial charge in [-0.15, -0.1) is 0 Å². The highest BCUT2D eigenvalue weighted by Crippen LogP contribution is 2.29. The molecule has 0 aliphatic carbocycles. The molecule has 2 N–H and O–H groups in total. The van der Waals surface area contributed by atoms with E-state index in [1.54, 1.807) is 12.1 Å². The minimum absolute atomic E-state index is 0.0474. The molecule has 1 aliphatic heterocycles. The molecule has 1 saturated heterocycles. The van der Waals surface area contributed by atoms with Gasteiger partial charge in [0.1, 0.15) is 5.82 Å². The quantitative estimate of drug-likeness (QED) is 0.805. The van der Waals surface area contributed by atoms with Gasteiger partial charge in [-0.3, -0.25) is 4.90 Å². The minimum Gasteiger partial charge on any atom is -0.423 e. The van der Waals surface area contributed by atoms with Crippen molar-refractivity contribution < 1.29 is 14.4 Å². The van der Waals surface area contributed by atoms with Crippen LogP contribution in [0.25, 0.3) is 0 Å². The highest BCUT2D eigenvalue weighted by Gasteiger charge is 2.26. The Morgan fingerprint density at radius 2 is 2.11 bits per heavy atom. The molecule has 0 amide bonds. The molecule has 104 valence electrons. The molecule has 1 aliphatic rings. The minimum atomic E-state index is -1.75. The van der Waals surface area contributed by atoms with E-state index in [2.05, 4.69) is 18.7 Å². The first kappa shape index (κ1) is 14.5. The van der Waals surface area contributed by atoms with Crippen LogP contribution in [0.1, 0.15) is 32.3 Å². The second-order valence-corrected chi connectivity index (χ2v) is 6.21. The molecule has 1 fully saturated rings. The van der Waals surface area contributed by atoms with E-state index in [9.17, 15) is 4.39 Å². The SMILES string of the molecule is CC1(C)CCCN(Cc2ccc(F)c(B(O)O)c2)C1. The van der Waals surface area contributed by atoms with Crippen LogP contribution in [0, 0.1) is 11.2 Å². The Balaban J connectivity index is 2.09. The molecular formula is C14H21BFNO2. The smallest absolute Gasteiger partial charge is 0.423 e. The maximum Gasteiger partial charge on any atom is 0.491 e. The highest BCUT2D eigenvalue weighted by molar-refractivity contribution is 6.58. The zero-order valence-electron chi connectivity index (χ0n) is 11.6. The number of nitrogens with zero attached hydrogens (tertiary/aromatic N) is 1. The van der Waals surface area contributed by atoms with Crippen molar-refractivity contribution >= 4 is 12.6 Å². The molecule has 0 aromatic heterocycles. The lowest BCUT2D eigenvalue weighted by Crippen LogP contribution is -2.40. The van der Waals surface area contributed by atoms with E-state index < -0.39 is 12.9 Å². The maximum atomic E-state index is 13.4. The average Bonchev–Trinajstić information content (AvgIpc) is 2.30. The lowest BCUT2D eigenvalue weighted by molar-refractivity contribution is 0.111. The summed E-state index contributed by atoms with van der Waals surface area (Å²) in [4.78, 5) is 2.34. The van der Waals surface area contributed by atoms with E-state index in [0.29, 0.717) is 5.41 Å². The van der Waals surface area contributed by atoms with Crippen LogP contribution in [0.15, 0.2) is 18.2 Å². The number of benzene rings is 1. The number of hydrogen-bond acceptors (Lipinski definition) is 3. The molecule has 0 unspecified atom stereocenters. The standard InChI is InChI=1S/C14H21BFNO2/c1-14(2)6-3-7-17(10-14)9-11-4-5-13(16)12(8-11)15(18)19/h4-5,8,18-19H,3,6-7,9-10H2,1-2H3. The van der Waals surface area contributed by atoms with Crippen LogP contribution in [0.4, 0.5) is 4.39 Å². The number of piperidine rings is 1. The summed E-state index contributed by atoms with van der Waals surface area (Å²) in [6.45, 7) is 7.29. The second-order valence-electron chi connectivity index (χ2n) is 6.21. The Bertz CT molecular complexity index is 451. The molecule has 0 atom stereocenters. The first-order valence-electron chi connectivity index (χ1n) is 6.74. The van der Waals surface area contributed by atoms with Gasteiger partial charge >= 0.3 is 7.12 Å². The summed E-state index contributed by atoms with van der Waals surface area (Å²) in [6, 6.07) is 4.56. The van der Waals surface area contributed by atoms with Gasteiger partial charge in [0.2, 0.25) is 0 Å². The van der Waals surface area contributed by atoms with Gasteiger partial charge in [-0.25, -0.2) is 4.39 Å². The van der Waals surface area contributed by atoms with Crippen molar-refractivity contribution in [2.45, 2.75) is 33.2 Å². The molecule has 5 heteroatoms. The zero-order chi connectivity index (χ0) is 14.0. The first-order valence-corrected chi connectivity index (χ1v) is 6.74. The monoisotopic (exact) mass is 265 g/mol. The molecule has 1 heterocycles. The van der Waals surface area contributed by atoms with Crippen LogP contribution in [0.5, 0.6) is 0 Å². The van der Waals surface area contributed by atoms with Crippen molar-refractivity contribution in [1.29, 1.82) is 0 Å². The molecule has 0 spiro atoms. The van der Waals surface area contributed by atoms with Gasteiger partial charge in [-0.1, -0.05) is 26.0 Å². The van der Waals surface area contributed by atoms with Crippen molar-refractivity contribution in [2.24, 2.45) is 5.41 Å². The molecule has 2 rings (SSSR count). The summed E-state index contributed by atoms with van der Waals surface area (Å²) in [6.07, 6.45) is 2.40. The van der Waals surface area contributed by atoms with Gasteiger partial charge in [0.05, 0.1) is 0 Å². The summed E-state index contributed by atoms with van der Waals surface area (Å²) in [5, 5.41) is 18.2. The van der Waals surface area contributed by atoms with E-state index in [-0.39, 0.29) is 5.46 Å². The summed E-state index contributed by atoms with van der Waals surface area (Å²) < 4.78 is 13.4. The lowest BCUT2D eigenvalue weighted by atomic mass is 9.79. The summed E-state index contributed by atoms with van der Waals surface area (Å²) in [5.41, 5.74) is 1.19. The Labute approximate surface area is 114 Å². The predicted octanol–water partition coefficient (Wildman–Crippen LogP) is 1.13. The van der Waals surface area contributed by atoms with Crippen LogP contribution in [-0.2, 0) is 6.54 Å². The van der Waals surface area contributed by atoms with Gasteiger partial charge in [0.25, 0.3) is 0 Å². The summed E-state index contributed by atoms with van der Waals surface area (Å²) in [5.74, 6) is -0.572. The third-order valence-electron chi connectivity index (χ3n) is 3.72. The van der Waals surface area contributed by atoms with Gasteiger partial charge in [-0.2, -0.15) is 0 Å². The Kier molecular flexibility index (Phi) is 4.28. The largest absolute Gasteiger partial charge is 0.491 e. The molecular weight excluding hydrogens is 244 g/mol. The second kappa shape index (κ2) is 5.61. The zero-order valence-corrected chi connectivity index (χ0v) is 11.6. The Morgan fingerprint density at radius 3 is 2.74 bits per heavy atom. The predicted molar refractivity (Wildman–Crippen MR) is 74.5 cm³/mol. The van der Waals surface area contributed by atoms with E-state index in [4.69, 9.17) is 10.0 Å². The van der Waals surface area contributed by atoms with E-state index in [1.165, 1.54) is 18.9 Å². The summed E-state index contributed by atoms with van der Waals surface area (Å²) in [7, 11) is -1.75. The fourth-order valence-electron chi connectivity index (χ4n) is 2.83. The molecule has 1 aromatic rings. The fraction of sp³-hybridized carbons (Fsp3) is 0.571. The van der Waals surface area contributed by atoms with Crippen LogP contribution < -0.4 is 5.46 Å². The Hall–Kier alpha value is -0.905. The molecule has 0 radical (unpaired) electrons. The van der Waals surface area contributed by atoms with Gasteiger partial charge in [0.15, 0.2) is 0 Å². The van der Waals surface area contributed by atoms with Gasteiger partial charge < -0.3 is 10.0 Å². The van der Waals surface area contributed by atoms with Gasteiger partial charge in [0, 0.05) is 18.6 Å². The molecule has 0 saturated carbocycles. The van der Waals surface area contributed by atoms with E-state index in [0.717, 1.165) is 25.2 Å². The van der Waals surface area contributed by atoms with Crippen LogP contribution in [-0.4, -0.2) is 35.2 Å². The fourth-order valence-corrected chi connectivity index (χ4v) is 2.83. The topological polar surface area (TPSA) is 43.7 Å². The van der Waals surface area contributed by atoms with Crippen LogP contribution in [0.3, 0.4) is 0 Å². The van der Waals surface area contributed by atoms with E-state index in [1.807, 2.05) is 0 Å². The van der Waals surface area contributed by atoms with Crippen molar-refractivity contribution in [2.75, 3.05) is 13.1 Å². The number of likely N-dealkylation sites (tertiary alicyclic amines) is 1. The average molecular weight is 265 g/mol. The molecule has 1 aromatic carbocycles. The lowest BCUT2D eigenvalue weighted by Gasteiger charge is -2.38. The molecule has 3 nitrogen and oxygen atoms in total. The van der Waals surface area contributed by atoms with Crippen molar-refractivity contribution in [1.82, 2.24) is 4.90 Å². The van der Waals surface area contributed by atoms with Crippen LogP contribution >= 0.6 is 0 Å². The van der Waals surface area contributed by atoms with Crippen molar-refractivity contribution in [3.8, 4) is 0 Å². The maximum absolute atomic E-state index is 13.4.